The molecule has 2 atom stereocenters. The Labute approximate surface area is 126 Å². The lowest BCUT2D eigenvalue weighted by Gasteiger charge is -2.38. The molecule has 2 unspecified atom stereocenters. The average molecular weight is 290 g/mol. The average Bonchev–Trinajstić information content (AvgIpc) is 3.01. The van der Waals surface area contributed by atoms with Gasteiger partial charge in [-0.15, -0.1) is 0 Å². The third kappa shape index (κ3) is 4.02. The highest BCUT2D eigenvalue weighted by Gasteiger charge is 2.33. The number of amides is 1. The molecule has 0 aromatic carbocycles. The fourth-order valence-electron chi connectivity index (χ4n) is 3.33. The van der Waals surface area contributed by atoms with Crippen molar-refractivity contribution in [3.8, 4) is 0 Å². The Morgan fingerprint density at radius 2 is 2.19 bits per heavy atom. The maximum Gasteiger partial charge on any atom is 0.231 e. The van der Waals surface area contributed by atoms with Gasteiger partial charge in [0, 0.05) is 24.5 Å². The van der Waals surface area contributed by atoms with Crippen LogP contribution >= 0.6 is 0 Å². The van der Waals surface area contributed by atoms with Gasteiger partial charge >= 0.3 is 0 Å². The van der Waals surface area contributed by atoms with E-state index in [-0.39, 0.29) is 24.5 Å². The van der Waals surface area contributed by atoms with Crippen molar-refractivity contribution < 1.29 is 4.79 Å². The number of carbonyl (C=O) groups excluding carboxylic acids is 1. The number of carbonyl (C=O) groups is 1. The monoisotopic (exact) mass is 290 g/mol. The van der Waals surface area contributed by atoms with Crippen molar-refractivity contribution in [3.63, 3.8) is 0 Å². The second-order valence-corrected chi connectivity index (χ2v) is 5.88. The van der Waals surface area contributed by atoms with Crippen LogP contribution < -0.4 is 11.5 Å². The van der Waals surface area contributed by atoms with Gasteiger partial charge < -0.3 is 11.5 Å². The van der Waals surface area contributed by atoms with Crippen molar-refractivity contribution in [1.82, 2.24) is 9.88 Å². The van der Waals surface area contributed by atoms with Crippen molar-refractivity contribution >= 4 is 5.91 Å². The molecule has 0 spiro atoms. The molecule has 21 heavy (non-hydrogen) atoms. The molecular weight excluding hydrogens is 264 g/mol. The summed E-state index contributed by atoms with van der Waals surface area (Å²) >= 11 is 0. The molecule has 1 fully saturated rings. The highest BCUT2D eigenvalue weighted by Crippen LogP contribution is 2.32. The van der Waals surface area contributed by atoms with Crippen LogP contribution in [0.3, 0.4) is 0 Å². The predicted octanol–water partition coefficient (Wildman–Crippen LogP) is 1.59. The fourth-order valence-corrected chi connectivity index (χ4v) is 3.33. The van der Waals surface area contributed by atoms with Crippen LogP contribution in [0.5, 0.6) is 0 Å². The summed E-state index contributed by atoms with van der Waals surface area (Å²) < 4.78 is 0. The van der Waals surface area contributed by atoms with E-state index in [0.717, 1.165) is 24.8 Å². The molecule has 5 heteroatoms. The topological polar surface area (TPSA) is 85.2 Å². The minimum Gasteiger partial charge on any atom is -0.369 e. The quantitative estimate of drug-likeness (QED) is 0.798. The van der Waals surface area contributed by atoms with Gasteiger partial charge in [-0.3, -0.25) is 14.7 Å². The van der Waals surface area contributed by atoms with Crippen LogP contribution in [-0.4, -0.2) is 34.4 Å². The molecule has 1 aliphatic carbocycles. The molecule has 1 aromatic heterocycles. The van der Waals surface area contributed by atoms with E-state index in [4.69, 9.17) is 11.5 Å². The Bertz CT molecular complexity index is 445. The molecule has 0 aliphatic heterocycles. The Balaban J connectivity index is 2.31. The number of hydrogen-bond donors (Lipinski definition) is 2. The number of nitrogens with zero attached hydrogens (tertiary/aromatic N) is 2. The zero-order chi connectivity index (χ0) is 15.2. The first-order valence-corrected chi connectivity index (χ1v) is 7.83. The lowest BCUT2D eigenvalue weighted by atomic mass is 9.95. The molecule has 0 saturated heterocycles. The normalized spacial score (nSPS) is 18.8. The van der Waals surface area contributed by atoms with E-state index in [0.29, 0.717) is 6.04 Å². The standard InChI is InChI=1S/C16H26N4O/c1-2-14(17)16(12-6-5-9-19-10-12)20(11-15(18)21)13-7-3-4-8-13/h5-6,9-10,13-14,16H,2-4,7-8,11,17H2,1H3,(H2,18,21). The van der Waals surface area contributed by atoms with E-state index in [9.17, 15) is 4.79 Å². The summed E-state index contributed by atoms with van der Waals surface area (Å²) in [5, 5.41) is 0. The number of pyridine rings is 1. The van der Waals surface area contributed by atoms with Crippen LogP contribution in [0.1, 0.15) is 50.6 Å². The summed E-state index contributed by atoms with van der Waals surface area (Å²) in [6.07, 6.45) is 9.10. The molecule has 116 valence electrons. The molecule has 1 saturated carbocycles. The van der Waals surface area contributed by atoms with E-state index in [1.165, 1.54) is 12.8 Å². The molecule has 0 radical (unpaired) electrons. The van der Waals surface area contributed by atoms with Gasteiger partial charge in [0.05, 0.1) is 12.6 Å². The highest BCUT2D eigenvalue weighted by atomic mass is 16.1. The summed E-state index contributed by atoms with van der Waals surface area (Å²) in [6, 6.07) is 4.31. The Morgan fingerprint density at radius 1 is 1.48 bits per heavy atom. The van der Waals surface area contributed by atoms with E-state index in [2.05, 4.69) is 16.8 Å². The molecule has 1 aliphatic rings. The number of nitrogens with two attached hydrogens (primary N) is 2. The maximum atomic E-state index is 11.5. The van der Waals surface area contributed by atoms with E-state index < -0.39 is 0 Å². The van der Waals surface area contributed by atoms with Crippen LogP contribution in [0.15, 0.2) is 24.5 Å². The molecule has 4 N–H and O–H groups in total. The van der Waals surface area contributed by atoms with Gasteiger partial charge in [0.15, 0.2) is 0 Å². The Kier molecular flexibility index (Phi) is 5.70. The molecule has 0 bridgehead atoms. The first-order chi connectivity index (χ1) is 10.1. The van der Waals surface area contributed by atoms with Crippen molar-refractivity contribution in [2.45, 2.75) is 57.2 Å². The van der Waals surface area contributed by atoms with Gasteiger partial charge in [0.1, 0.15) is 0 Å². The number of hydrogen-bond acceptors (Lipinski definition) is 4. The minimum atomic E-state index is -0.293. The van der Waals surface area contributed by atoms with Crippen molar-refractivity contribution in [3.05, 3.63) is 30.1 Å². The second kappa shape index (κ2) is 7.52. The van der Waals surface area contributed by atoms with Crippen molar-refractivity contribution in [2.24, 2.45) is 11.5 Å². The van der Waals surface area contributed by atoms with Crippen LogP contribution in [0, 0.1) is 0 Å². The molecular formula is C16H26N4O. The van der Waals surface area contributed by atoms with Gasteiger partial charge in [-0.1, -0.05) is 25.8 Å². The van der Waals surface area contributed by atoms with E-state index in [1.807, 2.05) is 18.3 Å². The highest BCUT2D eigenvalue weighted by molar-refractivity contribution is 5.76. The zero-order valence-corrected chi connectivity index (χ0v) is 12.7. The lowest BCUT2D eigenvalue weighted by Crippen LogP contribution is -2.48. The van der Waals surface area contributed by atoms with Crippen LogP contribution in [-0.2, 0) is 4.79 Å². The largest absolute Gasteiger partial charge is 0.369 e. The Hall–Kier alpha value is -1.46. The van der Waals surface area contributed by atoms with Gasteiger partial charge in [0.2, 0.25) is 5.91 Å². The van der Waals surface area contributed by atoms with Crippen LogP contribution in [0.2, 0.25) is 0 Å². The Morgan fingerprint density at radius 3 is 2.71 bits per heavy atom. The van der Waals surface area contributed by atoms with E-state index >= 15 is 0 Å². The molecule has 1 amide bonds. The summed E-state index contributed by atoms with van der Waals surface area (Å²) in [4.78, 5) is 18.0. The van der Waals surface area contributed by atoms with Crippen LogP contribution in [0.4, 0.5) is 0 Å². The fraction of sp³-hybridized carbons (Fsp3) is 0.625. The van der Waals surface area contributed by atoms with Crippen LogP contribution in [0.25, 0.3) is 0 Å². The van der Waals surface area contributed by atoms with Crippen molar-refractivity contribution in [2.75, 3.05) is 6.54 Å². The molecule has 1 aromatic rings. The third-order valence-corrected chi connectivity index (χ3v) is 4.39. The summed E-state index contributed by atoms with van der Waals surface area (Å²) in [7, 11) is 0. The smallest absolute Gasteiger partial charge is 0.231 e. The predicted molar refractivity (Wildman–Crippen MR) is 83.4 cm³/mol. The van der Waals surface area contributed by atoms with Gasteiger partial charge in [0.25, 0.3) is 0 Å². The first kappa shape index (κ1) is 15.9. The van der Waals surface area contributed by atoms with Crippen molar-refractivity contribution in [1.29, 1.82) is 0 Å². The van der Waals surface area contributed by atoms with E-state index in [1.54, 1.807) is 6.20 Å². The number of primary amides is 1. The van der Waals surface area contributed by atoms with Gasteiger partial charge in [-0.2, -0.15) is 0 Å². The summed E-state index contributed by atoms with van der Waals surface area (Å²) in [6.45, 7) is 2.34. The summed E-state index contributed by atoms with van der Waals surface area (Å²) in [5.74, 6) is -0.293. The maximum absolute atomic E-state index is 11.5. The summed E-state index contributed by atoms with van der Waals surface area (Å²) in [5.41, 5.74) is 12.9. The third-order valence-electron chi connectivity index (χ3n) is 4.39. The lowest BCUT2D eigenvalue weighted by molar-refractivity contribution is -0.120. The second-order valence-electron chi connectivity index (χ2n) is 5.88. The SMILES string of the molecule is CCC(N)C(c1cccnc1)N(CC(N)=O)C1CCCC1. The number of rotatable bonds is 7. The minimum absolute atomic E-state index is 0.000648. The molecule has 1 heterocycles. The van der Waals surface area contributed by atoms with Gasteiger partial charge in [-0.25, -0.2) is 0 Å². The number of aromatic nitrogens is 1. The van der Waals surface area contributed by atoms with Gasteiger partial charge in [-0.05, 0) is 30.9 Å². The molecule has 5 nitrogen and oxygen atoms in total. The zero-order valence-electron chi connectivity index (χ0n) is 12.7. The first-order valence-electron chi connectivity index (χ1n) is 7.83. The molecule has 2 rings (SSSR count).